The first-order valence-corrected chi connectivity index (χ1v) is 4.55. The summed E-state index contributed by atoms with van der Waals surface area (Å²) in [5.41, 5.74) is 0. The van der Waals surface area contributed by atoms with Crippen molar-refractivity contribution in [3.8, 4) is 0 Å². The number of thiophene rings is 1. The highest BCUT2D eigenvalue weighted by atomic mass is 32.1. The summed E-state index contributed by atoms with van der Waals surface area (Å²) in [5.74, 6) is 0. The second-order valence-electron chi connectivity index (χ2n) is 2.25. The van der Waals surface area contributed by atoms with Crippen molar-refractivity contribution in [2.75, 3.05) is 13.7 Å². The highest BCUT2D eigenvalue weighted by molar-refractivity contribution is 7.09. The van der Waals surface area contributed by atoms with Crippen LogP contribution >= 0.6 is 11.3 Å². The van der Waals surface area contributed by atoms with Crippen LogP contribution < -0.4 is 5.32 Å². The van der Waals surface area contributed by atoms with E-state index in [0.717, 1.165) is 6.42 Å². The second-order valence-corrected chi connectivity index (χ2v) is 3.28. The van der Waals surface area contributed by atoms with E-state index in [4.69, 9.17) is 0 Å². The van der Waals surface area contributed by atoms with Gasteiger partial charge in [-0.1, -0.05) is 6.07 Å². The van der Waals surface area contributed by atoms with Gasteiger partial charge >= 0.3 is 6.09 Å². The molecule has 0 spiro atoms. The quantitative estimate of drug-likeness (QED) is 0.777. The van der Waals surface area contributed by atoms with Gasteiger partial charge in [-0.15, -0.1) is 11.3 Å². The van der Waals surface area contributed by atoms with Crippen LogP contribution in [0.5, 0.6) is 0 Å². The fourth-order valence-electron chi connectivity index (χ4n) is 0.815. The zero-order valence-corrected chi connectivity index (χ0v) is 7.69. The van der Waals surface area contributed by atoms with Crippen molar-refractivity contribution in [3.05, 3.63) is 22.4 Å². The van der Waals surface area contributed by atoms with Gasteiger partial charge in [0, 0.05) is 11.4 Å². The number of methoxy groups -OCH3 is 1. The monoisotopic (exact) mass is 185 g/mol. The third kappa shape index (κ3) is 2.92. The first-order valence-electron chi connectivity index (χ1n) is 3.67. The van der Waals surface area contributed by atoms with Crippen LogP contribution in [0.25, 0.3) is 0 Å². The predicted octanol–water partition coefficient (Wildman–Crippen LogP) is 1.65. The standard InChI is InChI=1S/C8H11NO2S/c1-11-8(10)9-5-4-7-3-2-6-12-7/h2-3,6H,4-5H2,1H3,(H,9,10). The van der Waals surface area contributed by atoms with Gasteiger partial charge in [-0.05, 0) is 17.9 Å². The minimum atomic E-state index is -0.369. The maximum atomic E-state index is 10.6. The Bertz CT molecular complexity index is 233. The van der Waals surface area contributed by atoms with Gasteiger partial charge in [0.15, 0.2) is 0 Å². The van der Waals surface area contributed by atoms with Gasteiger partial charge in [-0.25, -0.2) is 4.79 Å². The Balaban J connectivity index is 2.15. The lowest BCUT2D eigenvalue weighted by Gasteiger charge is -2.00. The van der Waals surface area contributed by atoms with Crippen LogP contribution in [0.4, 0.5) is 4.79 Å². The SMILES string of the molecule is COC(=O)NCCc1cccs1. The van der Waals surface area contributed by atoms with E-state index in [1.807, 2.05) is 17.5 Å². The summed E-state index contributed by atoms with van der Waals surface area (Å²) in [6, 6.07) is 4.04. The molecule has 0 aromatic carbocycles. The fraction of sp³-hybridized carbons (Fsp3) is 0.375. The van der Waals surface area contributed by atoms with Gasteiger partial charge in [0.2, 0.25) is 0 Å². The molecule has 1 aromatic heterocycles. The van der Waals surface area contributed by atoms with Gasteiger partial charge in [-0.3, -0.25) is 0 Å². The fourth-order valence-corrected chi connectivity index (χ4v) is 1.52. The molecule has 0 aliphatic carbocycles. The molecule has 1 heterocycles. The van der Waals surface area contributed by atoms with E-state index in [9.17, 15) is 4.79 Å². The molecule has 0 bridgehead atoms. The Morgan fingerprint density at radius 3 is 3.17 bits per heavy atom. The van der Waals surface area contributed by atoms with E-state index in [1.165, 1.54) is 12.0 Å². The Morgan fingerprint density at radius 2 is 2.58 bits per heavy atom. The number of ether oxygens (including phenoxy) is 1. The van der Waals surface area contributed by atoms with Crippen molar-refractivity contribution >= 4 is 17.4 Å². The van der Waals surface area contributed by atoms with E-state index < -0.39 is 0 Å². The number of amides is 1. The van der Waals surface area contributed by atoms with Gasteiger partial charge in [0.05, 0.1) is 7.11 Å². The Hall–Kier alpha value is -1.03. The van der Waals surface area contributed by atoms with Crippen molar-refractivity contribution in [2.24, 2.45) is 0 Å². The van der Waals surface area contributed by atoms with Crippen molar-refractivity contribution < 1.29 is 9.53 Å². The van der Waals surface area contributed by atoms with Crippen LogP contribution in [0.3, 0.4) is 0 Å². The molecule has 0 aliphatic heterocycles. The van der Waals surface area contributed by atoms with E-state index in [0.29, 0.717) is 6.54 Å². The molecule has 0 unspecified atom stereocenters. The third-order valence-corrected chi connectivity index (χ3v) is 2.34. The molecule has 1 rings (SSSR count). The number of hydrogen-bond donors (Lipinski definition) is 1. The number of rotatable bonds is 3. The Kier molecular flexibility index (Phi) is 3.60. The summed E-state index contributed by atoms with van der Waals surface area (Å²) in [6.45, 7) is 0.632. The molecule has 0 aliphatic rings. The molecule has 4 heteroatoms. The predicted molar refractivity (Wildman–Crippen MR) is 48.4 cm³/mol. The number of alkyl carbamates (subject to hydrolysis) is 1. The summed E-state index contributed by atoms with van der Waals surface area (Å²) in [7, 11) is 1.36. The summed E-state index contributed by atoms with van der Waals surface area (Å²) >= 11 is 1.69. The van der Waals surface area contributed by atoms with Gasteiger partial charge < -0.3 is 10.1 Å². The molecule has 0 saturated heterocycles. The summed E-state index contributed by atoms with van der Waals surface area (Å²) in [5, 5.41) is 4.64. The van der Waals surface area contributed by atoms with Crippen molar-refractivity contribution in [3.63, 3.8) is 0 Å². The molecule has 66 valence electrons. The number of carbonyl (C=O) groups excluding carboxylic acids is 1. The maximum Gasteiger partial charge on any atom is 0.406 e. The number of nitrogens with one attached hydrogen (secondary N) is 1. The summed E-state index contributed by atoms with van der Waals surface area (Å²) < 4.78 is 4.42. The van der Waals surface area contributed by atoms with Crippen LogP contribution in [0.1, 0.15) is 4.88 Å². The molecule has 1 N–H and O–H groups in total. The molecule has 0 radical (unpaired) electrons. The lowest BCUT2D eigenvalue weighted by atomic mass is 10.3. The van der Waals surface area contributed by atoms with Crippen LogP contribution in [-0.2, 0) is 11.2 Å². The Labute approximate surface area is 75.4 Å². The lowest BCUT2D eigenvalue weighted by molar-refractivity contribution is 0.171. The minimum absolute atomic E-state index is 0.369. The zero-order chi connectivity index (χ0) is 8.81. The minimum Gasteiger partial charge on any atom is -0.453 e. The highest BCUT2D eigenvalue weighted by Gasteiger charge is 1.97. The van der Waals surface area contributed by atoms with E-state index in [2.05, 4.69) is 10.1 Å². The molecule has 1 aromatic rings. The largest absolute Gasteiger partial charge is 0.453 e. The van der Waals surface area contributed by atoms with Crippen LogP contribution in [0.15, 0.2) is 17.5 Å². The van der Waals surface area contributed by atoms with Crippen LogP contribution in [-0.4, -0.2) is 19.7 Å². The third-order valence-electron chi connectivity index (χ3n) is 1.41. The van der Waals surface area contributed by atoms with Gasteiger partial charge in [-0.2, -0.15) is 0 Å². The molecule has 0 atom stereocenters. The number of hydrogen-bond acceptors (Lipinski definition) is 3. The highest BCUT2D eigenvalue weighted by Crippen LogP contribution is 2.07. The molecule has 3 nitrogen and oxygen atoms in total. The molecule has 1 amide bonds. The van der Waals surface area contributed by atoms with E-state index in [1.54, 1.807) is 11.3 Å². The first-order chi connectivity index (χ1) is 5.83. The van der Waals surface area contributed by atoms with Gasteiger partial charge in [0.25, 0.3) is 0 Å². The van der Waals surface area contributed by atoms with E-state index >= 15 is 0 Å². The maximum absolute atomic E-state index is 10.6. The summed E-state index contributed by atoms with van der Waals surface area (Å²) in [6.07, 6.45) is 0.499. The van der Waals surface area contributed by atoms with Gasteiger partial charge in [0.1, 0.15) is 0 Å². The first kappa shape index (κ1) is 9.06. The Morgan fingerprint density at radius 1 is 1.75 bits per heavy atom. The molecular formula is C8H11NO2S. The topological polar surface area (TPSA) is 38.3 Å². The van der Waals surface area contributed by atoms with E-state index in [-0.39, 0.29) is 6.09 Å². The van der Waals surface area contributed by atoms with Crippen molar-refractivity contribution in [1.82, 2.24) is 5.32 Å². The second kappa shape index (κ2) is 4.77. The average Bonchev–Trinajstić information content (AvgIpc) is 2.57. The van der Waals surface area contributed by atoms with Crippen molar-refractivity contribution in [2.45, 2.75) is 6.42 Å². The molecule has 0 saturated carbocycles. The molecule has 0 fully saturated rings. The van der Waals surface area contributed by atoms with Crippen LogP contribution in [0.2, 0.25) is 0 Å². The smallest absolute Gasteiger partial charge is 0.406 e. The molecular weight excluding hydrogens is 174 g/mol. The van der Waals surface area contributed by atoms with Crippen LogP contribution in [0, 0.1) is 0 Å². The normalized spacial score (nSPS) is 9.42. The molecule has 12 heavy (non-hydrogen) atoms. The summed E-state index contributed by atoms with van der Waals surface area (Å²) in [4.78, 5) is 11.9. The van der Waals surface area contributed by atoms with Crippen molar-refractivity contribution in [1.29, 1.82) is 0 Å². The lowest BCUT2D eigenvalue weighted by Crippen LogP contribution is -2.24. The zero-order valence-electron chi connectivity index (χ0n) is 6.87. The average molecular weight is 185 g/mol. The number of carbonyl (C=O) groups is 1.